The zero-order valence-corrected chi connectivity index (χ0v) is 18.7. The minimum absolute atomic E-state index is 0.0853. The molecular formula is C25H25N3O3S. The molecule has 0 unspecified atom stereocenters. The Bertz CT molecular complexity index is 1100. The molecule has 3 aromatic carbocycles. The van der Waals surface area contributed by atoms with Gasteiger partial charge in [0.2, 0.25) is 5.91 Å². The minimum atomic E-state index is -0.244. The highest BCUT2D eigenvalue weighted by molar-refractivity contribution is 7.99. The highest BCUT2D eigenvalue weighted by atomic mass is 32.2. The van der Waals surface area contributed by atoms with Crippen LogP contribution >= 0.6 is 11.8 Å². The van der Waals surface area contributed by atoms with Crippen molar-refractivity contribution >= 4 is 40.6 Å². The number of hydrogen-bond acceptors (Lipinski definition) is 5. The SMILES string of the molecule is COc1ccccc1NC(=O)c1ccc(NC(=O)CN2CCCSc3ccccc32)cc1. The van der Waals surface area contributed by atoms with E-state index in [2.05, 4.69) is 27.7 Å². The molecule has 2 N–H and O–H groups in total. The second-order valence-electron chi connectivity index (χ2n) is 7.37. The van der Waals surface area contributed by atoms with E-state index in [1.165, 1.54) is 4.90 Å². The number of para-hydroxylation sites is 3. The minimum Gasteiger partial charge on any atom is -0.495 e. The first-order valence-corrected chi connectivity index (χ1v) is 11.4. The van der Waals surface area contributed by atoms with Crippen molar-refractivity contribution in [2.75, 3.05) is 41.5 Å². The number of carbonyl (C=O) groups is 2. The van der Waals surface area contributed by atoms with Crippen LogP contribution in [0, 0.1) is 0 Å². The van der Waals surface area contributed by atoms with E-state index in [0.717, 1.165) is 24.4 Å². The first kappa shape index (κ1) is 21.8. The number of hydrogen-bond donors (Lipinski definition) is 2. The number of carbonyl (C=O) groups excluding carboxylic acids is 2. The smallest absolute Gasteiger partial charge is 0.255 e. The molecule has 4 rings (SSSR count). The van der Waals surface area contributed by atoms with E-state index in [1.807, 2.05) is 36.0 Å². The summed E-state index contributed by atoms with van der Waals surface area (Å²) in [4.78, 5) is 28.6. The quantitative estimate of drug-likeness (QED) is 0.563. The van der Waals surface area contributed by atoms with Gasteiger partial charge in [-0.2, -0.15) is 0 Å². The van der Waals surface area contributed by atoms with Gasteiger partial charge in [-0.05, 0) is 60.7 Å². The summed E-state index contributed by atoms with van der Waals surface area (Å²) in [6.45, 7) is 1.13. The molecule has 164 valence electrons. The molecule has 0 radical (unpaired) electrons. The van der Waals surface area contributed by atoms with Gasteiger partial charge in [0.1, 0.15) is 5.75 Å². The molecular weight excluding hydrogens is 422 g/mol. The van der Waals surface area contributed by atoms with Gasteiger partial charge >= 0.3 is 0 Å². The summed E-state index contributed by atoms with van der Waals surface area (Å²) in [5, 5.41) is 5.78. The zero-order chi connectivity index (χ0) is 22.3. The normalized spacial score (nSPS) is 13.0. The van der Waals surface area contributed by atoms with Crippen LogP contribution in [0.5, 0.6) is 5.75 Å². The second-order valence-corrected chi connectivity index (χ2v) is 8.51. The first-order chi connectivity index (χ1) is 15.6. The Kier molecular flexibility index (Phi) is 6.97. The standard InChI is InChI=1S/C25H25N3O3S/c1-31-22-9-4-2-7-20(22)27-25(30)18-11-13-19(14-12-18)26-24(29)17-28-15-6-16-32-23-10-5-3-8-21(23)28/h2-5,7-14H,6,15-17H2,1H3,(H,26,29)(H,27,30). The molecule has 2 amide bonds. The third-order valence-corrected chi connectivity index (χ3v) is 6.31. The van der Waals surface area contributed by atoms with E-state index in [1.54, 1.807) is 43.5 Å². The fourth-order valence-electron chi connectivity index (χ4n) is 3.58. The third-order valence-electron chi connectivity index (χ3n) is 5.16. The fraction of sp³-hybridized carbons (Fsp3) is 0.200. The Morgan fingerprint density at radius 2 is 1.72 bits per heavy atom. The zero-order valence-electron chi connectivity index (χ0n) is 17.8. The number of amides is 2. The molecule has 0 bridgehead atoms. The number of anilines is 3. The molecule has 1 aliphatic heterocycles. The molecule has 3 aromatic rings. The van der Waals surface area contributed by atoms with Crippen molar-refractivity contribution in [2.24, 2.45) is 0 Å². The predicted octanol–water partition coefficient (Wildman–Crippen LogP) is 4.89. The van der Waals surface area contributed by atoms with Gasteiger partial charge in [0, 0.05) is 22.7 Å². The number of fused-ring (bicyclic) bond motifs is 1. The lowest BCUT2D eigenvalue weighted by atomic mass is 10.2. The summed E-state index contributed by atoms with van der Waals surface area (Å²) < 4.78 is 5.27. The second kappa shape index (κ2) is 10.2. The summed E-state index contributed by atoms with van der Waals surface area (Å²) in [7, 11) is 1.56. The summed E-state index contributed by atoms with van der Waals surface area (Å²) in [6, 6.07) is 22.3. The monoisotopic (exact) mass is 447 g/mol. The van der Waals surface area contributed by atoms with E-state index in [9.17, 15) is 9.59 Å². The van der Waals surface area contributed by atoms with Crippen molar-refractivity contribution in [3.05, 3.63) is 78.4 Å². The van der Waals surface area contributed by atoms with Crippen molar-refractivity contribution in [2.45, 2.75) is 11.3 Å². The molecule has 32 heavy (non-hydrogen) atoms. The van der Waals surface area contributed by atoms with Crippen molar-refractivity contribution in [1.82, 2.24) is 0 Å². The molecule has 0 saturated heterocycles. The maximum absolute atomic E-state index is 12.7. The van der Waals surface area contributed by atoms with E-state index in [-0.39, 0.29) is 18.4 Å². The van der Waals surface area contributed by atoms with Crippen LogP contribution < -0.4 is 20.3 Å². The number of benzene rings is 3. The van der Waals surface area contributed by atoms with Gasteiger partial charge in [-0.3, -0.25) is 9.59 Å². The molecule has 0 spiro atoms. The van der Waals surface area contributed by atoms with Crippen LogP contribution in [0.15, 0.2) is 77.7 Å². The Balaban J connectivity index is 1.37. The molecule has 1 heterocycles. The molecule has 0 fully saturated rings. The summed E-state index contributed by atoms with van der Waals surface area (Å²) in [6.07, 6.45) is 1.03. The summed E-state index contributed by atoms with van der Waals surface area (Å²) in [5.74, 6) is 1.32. The molecule has 0 saturated carbocycles. The molecule has 0 aliphatic carbocycles. The lowest BCUT2D eigenvalue weighted by molar-refractivity contribution is -0.115. The first-order valence-electron chi connectivity index (χ1n) is 10.4. The maximum atomic E-state index is 12.7. The van der Waals surface area contributed by atoms with E-state index < -0.39 is 0 Å². The number of nitrogens with zero attached hydrogens (tertiary/aromatic N) is 1. The molecule has 0 atom stereocenters. The van der Waals surface area contributed by atoms with Crippen molar-refractivity contribution in [3.63, 3.8) is 0 Å². The fourth-order valence-corrected chi connectivity index (χ4v) is 4.60. The number of methoxy groups -OCH3 is 1. The average molecular weight is 448 g/mol. The Hall–Kier alpha value is -3.45. The summed E-state index contributed by atoms with van der Waals surface area (Å²) >= 11 is 1.83. The lowest BCUT2D eigenvalue weighted by Gasteiger charge is -2.23. The van der Waals surface area contributed by atoms with Crippen molar-refractivity contribution in [1.29, 1.82) is 0 Å². The highest BCUT2D eigenvalue weighted by Crippen LogP contribution is 2.33. The maximum Gasteiger partial charge on any atom is 0.255 e. The number of nitrogens with one attached hydrogen (secondary N) is 2. The van der Waals surface area contributed by atoms with Gasteiger partial charge in [0.15, 0.2) is 0 Å². The van der Waals surface area contributed by atoms with E-state index in [0.29, 0.717) is 22.7 Å². The van der Waals surface area contributed by atoms with Gasteiger partial charge in [-0.1, -0.05) is 24.3 Å². The van der Waals surface area contributed by atoms with E-state index >= 15 is 0 Å². The number of ether oxygens (including phenoxy) is 1. The van der Waals surface area contributed by atoms with Gasteiger partial charge < -0.3 is 20.3 Å². The van der Waals surface area contributed by atoms with Gasteiger partial charge in [-0.15, -0.1) is 11.8 Å². The van der Waals surface area contributed by atoms with Crippen LogP contribution in [0.25, 0.3) is 0 Å². The summed E-state index contributed by atoms with van der Waals surface area (Å²) in [5.41, 5.74) is 2.86. The molecule has 1 aliphatic rings. The third kappa shape index (κ3) is 5.23. The van der Waals surface area contributed by atoms with Crippen molar-refractivity contribution < 1.29 is 14.3 Å². The number of thioether (sulfide) groups is 1. The van der Waals surface area contributed by atoms with Gasteiger partial charge in [-0.25, -0.2) is 0 Å². The van der Waals surface area contributed by atoms with Gasteiger partial charge in [0.25, 0.3) is 5.91 Å². The lowest BCUT2D eigenvalue weighted by Crippen LogP contribution is -2.34. The van der Waals surface area contributed by atoms with Gasteiger partial charge in [0.05, 0.1) is 25.0 Å². The van der Waals surface area contributed by atoms with Crippen LogP contribution in [0.3, 0.4) is 0 Å². The molecule has 6 nitrogen and oxygen atoms in total. The highest BCUT2D eigenvalue weighted by Gasteiger charge is 2.18. The molecule has 0 aromatic heterocycles. The largest absolute Gasteiger partial charge is 0.495 e. The van der Waals surface area contributed by atoms with Crippen LogP contribution in [-0.4, -0.2) is 37.8 Å². The van der Waals surface area contributed by atoms with Crippen LogP contribution in [0.2, 0.25) is 0 Å². The van der Waals surface area contributed by atoms with Crippen molar-refractivity contribution in [3.8, 4) is 5.75 Å². The average Bonchev–Trinajstić information content (AvgIpc) is 3.02. The predicted molar refractivity (Wildman–Crippen MR) is 130 cm³/mol. The van der Waals surface area contributed by atoms with Crippen LogP contribution in [-0.2, 0) is 4.79 Å². The Labute approximate surface area is 192 Å². The van der Waals surface area contributed by atoms with E-state index in [4.69, 9.17) is 4.74 Å². The topological polar surface area (TPSA) is 70.7 Å². The van der Waals surface area contributed by atoms with Crippen LogP contribution in [0.1, 0.15) is 16.8 Å². The Morgan fingerprint density at radius 3 is 2.53 bits per heavy atom. The Morgan fingerprint density at radius 1 is 0.969 bits per heavy atom. The number of rotatable bonds is 6. The molecule has 7 heteroatoms. The van der Waals surface area contributed by atoms with Crippen LogP contribution in [0.4, 0.5) is 17.1 Å².